The van der Waals surface area contributed by atoms with Crippen LogP contribution in [0.25, 0.3) is 11.0 Å². The lowest BCUT2D eigenvalue weighted by Gasteiger charge is -1.99. The van der Waals surface area contributed by atoms with Crippen LogP contribution in [-0.2, 0) is 6.42 Å². The zero-order valence-corrected chi connectivity index (χ0v) is 47.3. The summed E-state index contributed by atoms with van der Waals surface area (Å²) in [5, 5.41) is 7.43. The van der Waals surface area contributed by atoms with Crippen molar-refractivity contribution in [1.82, 2.24) is 25.1 Å². The Labute approximate surface area is 416 Å². The van der Waals surface area contributed by atoms with Crippen LogP contribution in [0.1, 0.15) is 181 Å². The number of imidazole rings is 1. The van der Waals surface area contributed by atoms with Crippen LogP contribution in [0.5, 0.6) is 5.75 Å². The first kappa shape index (κ1) is 71.0. The molecule has 0 spiro atoms. The number of H-pyrrole nitrogens is 1. The van der Waals surface area contributed by atoms with Crippen molar-refractivity contribution in [2.24, 2.45) is 23.7 Å². The molecule has 0 radical (unpaired) electrons. The number of benzene rings is 2. The Morgan fingerprint density at radius 1 is 0.537 bits per heavy atom. The number of nitrogens with one attached hydrogen (secondary N) is 1. The highest BCUT2D eigenvalue weighted by Gasteiger charge is 2.08. The van der Waals surface area contributed by atoms with Crippen LogP contribution < -0.4 is 4.74 Å². The van der Waals surface area contributed by atoms with E-state index in [0.717, 1.165) is 65.0 Å². The molecule has 0 amide bonds. The van der Waals surface area contributed by atoms with E-state index in [1.54, 1.807) is 54.7 Å². The van der Waals surface area contributed by atoms with Gasteiger partial charge in [-0.1, -0.05) is 200 Å². The summed E-state index contributed by atoms with van der Waals surface area (Å²) in [6.45, 7) is 47.3. The fourth-order valence-corrected chi connectivity index (χ4v) is 4.06. The molecular formula is C58H99N5O3S. The number of para-hydroxylation sites is 3. The van der Waals surface area contributed by atoms with E-state index in [4.69, 9.17) is 4.74 Å². The number of nitrogens with zero attached hydrogens (tertiary/aromatic N) is 4. The zero-order valence-electron chi connectivity index (χ0n) is 46.5. The van der Waals surface area contributed by atoms with Crippen LogP contribution in [0, 0.1) is 23.7 Å². The van der Waals surface area contributed by atoms with Gasteiger partial charge in [-0.3, -0.25) is 9.97 Å². The van der Waals surface area contributed by atoms with Gasteiger partial charge in [0.15, 0.2) is 0 Å². The quantitative estimate of drug-likeness (QED) is 0.184. The zero-order chi connectivity index (χ0) is 52.3. The SMILES string of the molecule is CC.CC.CC.CC(C)C.CC(C)C.CC(C)C.CC(C)C.CC(C)c1cnccn1.CC(C)c1nc2ccccc2[nH]1.c1ccc2c(c1)CCO2.c1ccoc1.c1ccsc1.c1cnoc1. The van der Waals surface area contributed by atoms with Gasteiger partial charge >= 0.3 is 0 Å². The Morgan fingerprint density at radius 2 is 1.04 bits per heavy atom. The van der Waals surface area contributed by atoms with Crippen LogP contribution in [0.3, 0.4) is 0 Å². The van der Waals surface area contributed by atoms with Gasteiger partial charge in [0.05, 0.1) is 42.1 Å². The molecule has 0 saturated heterocycles. The number of fused-ring (bicyclic) bond motifs is 2. The Kier molecular flexibility index (Phi) is 56.8. The molecule has 1 aliphatic rings. The van der Waals surface area contributed by atoms with Crippen molar-refractivity contribution >= 4 is 22.4 Å². The predicted octanol–water partition coefficient (Wildman–Crippen LogP) is 19.3. The summed E-state index contributed by atoms with van der Waals surface area (Å²) in [6.07, 6.45) is 12.6. The highest BCUT2D eigenvalue weighted by molar-refractivity contribution is 7.07. The van der Waals surface area contributed by atoms with Gasteiger partial charge in [-0.25, -0.2) is 4.98 Å². The topological polar surface area (TPSA) is 103 Å². The van der Waals surface area contributed by atoms with Crippen LogP contribution in [0.4, 0.5) is 0 Å². The number of rotatable bonds is 2. The average Bonchev–Trinajstić information content (AvgIpc) is 4.17. The van der Waals surface area contributed by atoms with E-state index >= 15 is 0 Å². The smallest absolute Gasteiger partial charge is 0.123 e. The van der Waals surface area contributed by atoms with Crippen molar-refractivity contribution in [1.29, 1.82) is 0 Å². The van der Waals surface area contributed by atoms with E-state index in [9.17, 15) is 0 Å². The number of hydrogen-bond donors (Lipinski definition) is 1. The van der Waals surface area contributed by atoms with Crippen molar-refractivity contribution in [2.75, 3.05) is 6.61 Å². The molecule has 7 aromatic rings. The Morgan fingerprint density at radius 3 is 1.37 bits per heavy atom. The standard InChI is InChI=1S/C10H12N2.C8H8O.C7H10N2.C4H4O.C4H4S.4C4H10.C3H3NO.3C2H6/c1-7(2)10-11-8-5-3-4-6-9(8)12-10;1-2-4-8-7(3-1)5-6-9-8;1-6(2)7-5-8-3-4-9-7;2*1-2-4-5-3-1;4*1-4(2)3;1-2-4-5-3-1;3*1-2/h3-7H,1-2H3,(H,11,12);1-4H,5-6H2;3-6H,1-2H3;2*1-4H;4*4H,1-3H3;1-3H;3*1-2H3. The molecule has 1 N–H and O–H groups in total. The molecule has 1 aliphatic heterocycles. The van der Waals surface area contributed by atoms with E-state index in [2.05, 4.69) is 151 Å². The minimum Gasteiger partial charge on any atom is -0.493 e. The van der Waals surface area contributed by atoms with Gasteiger partial charge in [-0.15, -0.1) is 0 Å². The van der Waals surface area contributed by atoms with Crippen LogP contribution >= 0.6 is 11.3 Å². The van der Waals surface area contributed by atoms with Crippen LogP contribution in [-0.4, -0.2) is 31.7 Å². The number of ether oxygens (including phenoxy) is 1. The fraction of sp³-hybridized carbons (Fsp3) is 0.517. The molecule has 9 heteroatoms. The second kappa shape index (κ2) is 53.6. The maximum atomic E-state index is 5.30. The van der Waals surface area contributed by atoms with Gasteiger partial charge in [0.25, 0.3) is 0 Å². The van der Waals surface area contributed by atoms with Crippen molar-refractivity contribution < 1.29 is 13.7 Å². The molecule has 380 valence electrons. The first-order valence-corrected chi connectivity index (χ1v) is 25.6. The molecule has 0 fully saturated rings. The van der Waals surface area contributed by atoms with Crippen molar-refractivity contribution in [3.63, 3.8) is 0 Å². The second-order valence-corrected chi connectivity index (χ2v) is 17.8. The summed E-state index contributed by atoms with van der Waals surface area (Å²) >= 11 is 1.71. The molecule has 2 aromatic carbocycles. The maximum Gasteiger partial charge on any atom is 0.123 e. The largest absolute Gasteiger partial charge is 0.493 e. The normalized spacial score (nSPS) is 9.55. The second-order valence-electron chi connectivity index (χ2n) is 17.0. The summed E-state index contributed by atoms with van der Waals surface area (Å²) in [7, 11) is 0. The van der Waals surface area contributed by atoms with Crippen molar-refractivity contribution in [2.45, 2.75) is 171 Å². The highest BCUT2D eigenvalue weighted by Crippen LogP contribution is 2.23. The Bertz CT molecular complexity index is 1630. The van der Waals surface area contributed by atoms with Gasteiger partial charge in [0, 0.05) is 30.9 Å². The molecule has 0 bridgehead atoms. The molecule has 0 unspecified atom stereocenters. The Balaban J connectivity index is -0.000000215. The summed E-state index contributed by atoms with van der Waals surface area (Å²) < 4.78 is 14.2. The molecule has 0 atom stereocenters. The van der Waals surface area contributed by atoms with Crippen LogP contribution in [0.2, 0.25) is 0 Å². The summed E-state index contributed by atoms with van der Waals surface area (Å²) in [6, 6.07) is 25.7. The van der Waals surface area contributed by atoms with E-state index in [1.165, 1.54) is 11.8 Å². The van der Waals surface area contributed by atoms with Crippen molar-refractivity contribution in [3.8, 4) is 5.75 Å². The summed E-state index contributed by atoms with van der Waals surface area (Å²) in [4.78, 5) is 15.8. The molecule has 0 aliphatic carbocycles. The first-order chi connectivity index (χ1) is 32.0. The van der Waals surface area contributed by atoms with Crippen molar-refractivity contribution in [3.05, 3.63) is 150 Å². The number of hydrogen-bond acceptors (Lipinski definition) is 8. The van der Waals surface area contributed by atoms with E-state index in [1.807, 2.05) is 119 Å². The molecule has 8 nitrogen and oxygen atoms in total. The number of thiophene rings is 1. The van der Waals surface area contributed by atoms with Gasteiger partial charge in [0.1, 0.15) is 17.8 Å². The lowest BCUT2D eigenvalue weighted by atomic mass is 10.1. The fourth-order valence-electron chi connectivity index (χ4n) is 3.61. The first-order valence-electron chi connectivity index (χ1n) is 24.7. The van der Waals surface area contributed by atoms with Gasteiger partial charge in [-0.2, -0.15) is 11.3 Å². The van der Waals surface area contributed by atoms with Gasteiger partial charge < -0.3 is 18.7 Å². The third-order valence-corrected chi connectivity index (χ3v) is 6.56. The number of furan rings is 1. The van der Waals surface area contributed by atoms with E-state index in [-0.39, 0.29) is 0 Å². The van der Waals surface area contributed by atoms with Gasteiger partial charge in [-0.05, 0) is 82.3 Å². The molecule has 67 heavy (non-hydrogen) atoms. The Hall–Kier alpha value is -5.02. The number of aromatic amines is 1. The summed E-state index contributed by atoms with van der Waals surface area (Å²) in [5.74, 6) is 6.42. The highest BCUT2D eigenvalue weighted by atomic mass is 32.1. The third kappa shape index (κ3) is 55.2. The van der Waals surface area contributed by atoms with E-state index < -0.39 is 0 Å². The molecular weight excluding hydrogens is 847 g/mol. The lowest BCUT2D eigenvalue weighted by molar-refractivity contribution is 0.357. The maximum absolute atomic E-state index is 5.30. The van der Waals surface area contributed by atoms with E-state index in [0.29, 0.717) is 11.8 Å². The molecule has 0 saturated carbocycles. The monoisotopic (exact) mass is 946 g/mol. The number of aromatic nitrogens is 5. The van der Waals surface area contributed by atoms with Gasteiger partial charge in [0.2, 0.25) is 0 Å². The molecule has 8 rings (SSSR count). The predicted molar refractivity (Wildman–Crippen MR) is 298 cm³/mol. The summed E-state index contributed by atoms with van der Waals surface area (Å²) in [5.41, 5.74) is 4.58. The molecule has 6 heterocycles. The minimum absolute atomic E-state index is 0.470. The minimum atomic E-state index is 0.470. The van der Waals surface area contributed by atoms with Crippen LogP contribution in [0.15, 0.2) is 142 Å². The molecule has 5 aromatic heterocycles. The lowest BCUT2D eigenvalue weighted by Crippen LogP contribution is -1.91. The average molecular weight is 947 g/mol. The third-order valence-electron chi connectivity index (χ3n) is 5.93.